The Morgan fingerprint density at radius 1 is 1.52 bits per heavy atom. The van der Waals surface area contributed by atoms with E-state index in [2.05, 4.69) is 4.98 Å². The summed E-state index contributed by atoms with van der Waals surface area (Å²) >= 11 is 8.96. The summed E-state index contributed by atoms with van der Waals surface area (Å²) in [6.45, 7) is 1.55. The van der Waals surface area contributed by atoms with Gasteiger partial charge in [-0.3, -0.25) is 4.79 Å². The van der Waals surface area contributed by atoms with Gasteiger partial charge in [-0.1, -0.05) is 11.6 Å². The maximum absolute atomic E-state index is 12.2. The quantitative estimate of drug-likeness (QED) is 0.929. The van der Waals surface area contributed by atoms with Crippen molar-refractivity contribution in [2.24, 2.45) is 5.92 Å². The molecule has 1 N–H and O–H groups in total. The molecule has 1 atom stereocenters. The van der Waals surface area contributed by atoms with Crippen molar-refractivity contribution in [2.45, 2.75) is 12.8 Å². The molecule has 0 radical (unpaired) electrons. The van der Waals surface area contributed by atoms with Gasteiger partial charge in [0.2, 0.25) is 5.91 Å². The van der Waals surface area contributed by atoms with Gasteiger partial charge in [-0.15, -0.1) is 22.7 Å². The van der Waals surface area contributed by atoms with Crippen LogP contribution in [0.25, 0.3) is 9.88 Å². The van der Waals surface area contributed by atoms with E-state index in [1.165, 1.54) is 22.7 Å². The number of carbonyl (C=O) groups excluding carboxylic acids is 1. The van der Waals surface area contributed by atoms with Crippen LogP contribution in [0.5, 0.6) is 0 Å². The van der Waals surface area contributed by atoms with E-state index < -0.39 is 0 Å². The number of thiazole rings is 1. The number of aromatic nitrogens is 1. The lowest BCUT2D eigenvalue weighted by atomic mass is 10.1. The van der Waals surface area contributed by atoms with Crippen LogP contribution in [0.15, 0.2) is 17.5 Å². The van der Waals surface area contributed by atoms with Gasteiger partial charge < -0.3 is 10.0 Å². The number of hydrogen-bond acceptors (Lipinski definition) is 5. The average Bonchev–Trinajstić information content (AvgIpc) is 3.17. The average molecular weight is 343 g/mol. The highest BCUT2D eigenvalue weighted by atomic mass is 35.5. The molecular weight excluding hydrogens is 328 g/mol. The van der Waals surface area contributed by atoms with Crippen LogP contribution in [0.4, 0.5) is 0 Å². The standard InChI is InChI=1S/C14H15ClN2O2S2/c15-12-2-1-11(21-12)14-16-10(8-20-14)5-13(19)17-4-3-9(6-17)7-18/h1-2,8-9,18H,3-7H2. The van der Waals surface area contributed by atoms with Gasteiger partial charge in [0.05, 0.1) is 21.3 Å². The van der Waals surface area contributed by atoms with E-state index >= 15 is 0 Å². The molecule has 1 fully saturated rings. The Morgan fingerprint density at radius 2 is 2.38 bits per heavy atom. The zero-order valence-corrected chi connectivity index (χ0v) is 13.7. The van der Waals surface area contributed by atoms with Gasteiger partial charge in [-0.2, -0.15) is 0 Å². The minimum absolute atomic E-state index is 0.0898. The van der Waals surface area contributed by atoms with E-state index in [0.29, 0.717) is 13.0 Å². The second-order valence-electron chi connectivity index (χ2n) is 5.10. The number of amides is 1. The first-order valence-electron chi connectivity index (χ1n) is 6.74. The summed E-state index contributed by atoms with van der Waals surface area (Å²) in [5, 5.41) is 12.0. The van der Waals surface area contributed by atoms with E-state index in [4.69, 9.17) is 16.7 Å². The summed E-state index contributed by atoms with van der Waals surface area (Å²) in [6, 6.07) is 3.80. The highest BCUT2D eigenvalue weighted by molar-refractivity contribution is 7.23. The van der Waals surface area contributed by atoms with Crippen LogP contribution in [0, 0.1) is 5.92 Å². The molecule has 21 heavy (non-hydrogen) atoms. The van der Waals surface area contributed by atoms with Crippen molar-refractivity contribution >= 4 is 40.2 Å². The largest absolute Gasteiger partial charge is 0.396 e. The lowest BCUT2D eigenvalue weighted by Crippen LogP contribution is -2.30. The van der Waals surface area contributed by atoms with Crippen LogP contribution in [-0.2, 0) is 11.2 Å². The minimum atomic E-state index is 0.0898. The van der Waals surface area contributed by atoms with Crippen LogP contribution in [-0.4, -0.2) is 40.6 Å². The Kier molecular flexibility index (Phi) is 4.59. The van der Waals surface area contributed by atoms with E-state index in [0.717, 1.165) is 32.9 Å². The molecular formula is C14H15ClN2O2S2. The van der Waals surface area contributed by atoms with Crippen LogP contribution in [0.2, 0.25) is 4.34 Å². The van der Waals surface area contributed by atoms with E-state index in [9.17, 15) is 4.79 Å². The lowest BCUT2D eigenvalue weighted by Gasteiger charge is -2.15. The summed E-state index contributed by atoms with van der Waals surface area (Å²) in [5.74, 6) is 0.320. The predicted molar refractivity (Wildman–Crippen MR) is 85.9 cm³/mol. The van der Waals surface area contributed by atoms with Gasteiger partial charge in [0.15, 0.2) is 0 Å². The van der Waals surface area contributed by atoms with Gasteiger partial charge in [0.1, 0.15) is 5.01 Å². The Labute approximate surface area is 136 Å². The zero-order valence-electron chi connectivity index (χ0n) is 11.3. The summed E-state index contributed by atoms with van der Waals surface area (Å²) in [4.78, 5) is 19.6. The van der Waals surface area contributed by atoms with Crippen LogP contribution in [0.3, 0.4) is 0 Å². The molecule has 0 bridgehead atoms. The van der Waals surface area contributed by atoms with Crippen molar-refractivity contribution < 1.29 is 9.90 Å². The monoisotopic (exact) mass is 342 g/mol. The fourth-order valence-corrected chi connectivity index (χ4v) is 4.34. The number of carbonyl (C=O) groups is 1. The highest BCUT2D eigenvalue weighted by Gasteiger charge is 2.26. The molecule has 1 amide bonds. The number of thiophene rings is 1. The van der Waals surface area contributed by atoms with Crippen molar-refractivity contribution in [2.75, 3.05) is 19.7 Å². The van der Waals surface area contributed by atoms with Crippen molar-refractivity contribution in [3.63, 3.8) is 0 Å². The molecule has 1 saturated heterocycles. The Balaban J connectivity index is 1.63. The molecule has 4 nitrogen and oxygen atoms in total. The number of hydrogen-bond donors (Lipinski definition) is 1. The Bertz CT molecular complexity index is 640. The van der Waals surface area contributed by atoms with Gasteiger partial charge in [-0.05, 0) is 18.6 Å². The molecule has 0 aliphatic carbocycles. The molecule has 3 rings (SSSR count). The second kappa shape index (κ2) is 6.44. The molecule has 2 aromatic rings. The summed E-state index contributed by atoms with van der Waals surface area (Å²) in [6.07, 6.45) is 1.21. The molecule has 1 aliphatic rings. The normalized spacial score (nSPS) is 18.4. The molecule has 7 heteroatoms. The molecule has 112 valence electrons. The second-order valence-corrected chi connectivity index (χ2v) is 7.67. The molecule has 1 aliphatic heterocycles. The van der Waals surface area contributed by atoms with Gasteiger partial charge in [0.25, 0.3) is 0 Å². The van der Waals surface area contributed by atoms with Crippen molar-refractivity contribution in [3.8, 4) is 9.88 Å². The van der Waals surface area contributed by atoms with E-state index in [1.54, 1.807) is 0 Å². The van der Waals surface area contributed by atoms with Gasteiger partial charge in [-0.25, -0.2) is 4.98 Å². The van der Waals surface area contributed by atoms with Crippen LogP contribution in [0.1, 0.15) is 12.1 Å². The first-order valence-corrected chi connectivity index (χ1v) is 8.82. The van der Waals surface area contributed by atoms with E-state index in [-0.39, 0.29) is 18.4 Å². The van der Waals surface area contributed by atoms with E-state index in [1.807, 2.05) is 22.4 Å². The van der Waals surface area contributed by atoms with Crippen molar-refractivity contribution in [3.05, 3.63) is 27.5 Å². The maximum Gasteiger partial charge on any atom is 0.228 e. The topological polar surface area (TPSA) is 53.4 Å². The Morgan fingerprint density at radius 3 is 3.05 bits per heavy atom. The van der Waals surface area contributed by atoms with Crippen LogP contribution >= 0.6 is 34.3 Å². The molecule has 2 aromatic heterocycles. The summed E-state index contributed by atoms with van der Waals surface area (Å²) < 4.78 is 0.741. The third kappa shape index (κ3) is 3.45. The molecule has 3 heterocycles. The first kappa shape index (κ1) is 15.0. The molecule has 0 saturated carbocycles. The lowest BCUT2D eigenvalue weighted by molar-refractivity contribution is -0.129. The number of aliphatic hydroxyl groups excluding tert-OH is 1. The maximum atomic E-state index is 12.2. The molecule has 0 aromatic carbocycles. The highest BCUT2D eigenvalue weighted by Crippen LogP contribution is 2.33. The first-order chi connectivity index (χ1) is 10.2. The van der Waals surface area contributed by atoms with Crippen molar-refractivity contribution in [1.82, 2.24) is 9.88 Å². The third-order valence-electron chi connectivity index (χ3n) is 3.56. The SMILES string of the molecule is O=C(Cc1csc(-c2ccc(Cl)s2)n1)N1CCC(CO)C1. The fraction of sp³-hybridized carbons (Fsp3) is 0.429. The number of rotatable bonds is 4. The fourth-order valence-electron chi connectivity index (χ4n) is 2.41. The smallest absolute Gasteiger partial charge is 0.228 e. The van der Waals surface area contributed by atoms with Gasteiger partial charge >= 0.3 is 0 Å². The zero-order chi connectivity index (χ0) is 14.8. The van der Waals surface area contributed by atoms with Crippen molar-refractivity contribution in [1.29, 1.82) is 0 Å². The number of aliphatic hydroxyl groups is 1. The number of halogens is 1. The summed E-state index contributed by atoms with van der Waals surface area (Å²) in [7, 11) is 0. The summed E-state index contributed by atoms with van der Waals surface area (Å²) in [5.41, 5.74) is 0.803. The van der Waals surface area contributed by atoms with Crippen LogP contribution < -0.4 is 0 Å². The number of nitrogens with zero attached hydrogens (tertiary/aromatic N) is 2. The minimum Gasteiger partial charge on any atom is -0.396 e. The van der Waals surface area contributed by atoms with Gasteiger partial charge in [0, 0.05) is 31.0 Å². The predicted octanol–water partition coefficient (Wildman–Crippen LogP) is 2.91. The molecule has 0 spiro atoms. The number of likely N-dealkylation sites (tertiary alicyclic amines) is 1. The Hall–Kier alpha value is -0.950. The third-order valence-corrected chi connectivity index (χ3v) is 5.86. The molecule has 1 unspecified atom stereocenters.